The van der Waals surface area contributed by atoms with Crippen molar-refractivity contribution >= 4 is 34.0 Å². The molecule has 2 aromatic heterocycles. The van der Waals surface area contributed by atoms with Gasteiger partial charge in [0.05, 0.1) is 18.0 Å². The average molecular weight is 367 g/mol. The molecule has 3 heterocycles. The number of rotatable bonds is 4. The largest absolute Gasteiger partial charge is 0.466 e. The molecule has 0 unspecified atom stereocenters. The topological polar surface area (TPSA) is 55.3 Å². The number of hydrogen-bond acceptors (Lipinski definition) is 6. The highest BCUT2D eigenvalue weighted by molar-refractivity contribution is 7.08. The summed E-state index contributed by atoms with van der Waals surface area (Å²) >= 11 is 1.64. The smallest absolute Gasteiger partial charge is 0.310 e. The summed E-state index contributed by atoms with van der Waals surface area (Å²) in [6, 6.07) is 10.1. The maximum Gasteiger partial charge on any atom is 0.310 e. The van der Waals surface area contributed by atoms with Crippen LogP contribution < -0.4 is 4.90 Å². The van der Waals surface area contributed by atoms with E-state index in [1.807, 2.05) is 36.6 Å². The van der Waals surface area contributed by atoms with Gasteiger partial charge in [0, 0.05) is 29.4 Å². The minimum absolute atomic E-state index is 0.0953. The van der Waals surface area contributed by atoms with E-state index >= 15 is 0 Å². The minimum atomic E-state index is -0.103. The Morgan fingerprint density at radius 3 is 3.00 bits per heavy atom. The number of esters is 1. The molecule has 0 saturated carbocycles. The number of ether oxygens (including phenoxy) is 1. The van der Waals surface area contributed by atoms with E-state index in [2.05, 4.69) is 16.3 Å². The van der Waals surface area contributed by atoms with Crippen molar-refractivity contribution in [2.45, 2.75) is 19.8 Å². The Balaban J connectivity index is 1.74. The SMILES string of the molecule is CCOC(=O)[C@H]1CCCN(c2nc(-c3ccsc3)nc3ccccc23)C1. The fraction of sp³-hybridized carbons (Fsp3) is 0.350. The van der Waals surface area contributed by atoms with Crippen LogP contribution in [-0.2, 0) is 9.53 Å². The molecule has 5 nitrogen and oxygen atoms in total. The van der Waals surface area contributed by atoms with Gasteiger partial charge in [0.15, 0.2) is 5.82 Å². The Hall–Kier alpha value is -2.47. The normalized spacial score (nSPS) is 17.4. The molecule has 0 amide bonds. The second-order valence-electron chi connectivity index (χ2n) is 6.44. The number of hydrogen-bond donors (Lipinski definition) is 0. The van der Waals surface area contributed by atoms with Crippen molar-refractivity contribution in [3.05, 3.63) is 41.1 Å². The molecular weight excluding hydrogens is 346 g/mol. The summed E-state index contributed by atoms with van der Waals surface area (Å²) in [6.07, 6.45) is 1.82. The monoisotopic (exact) mass is 367 g/mol. The highest BCUT2D eigenvalue weighted by Gasteiger charge is 2.28. The lowest BCUT2D eigenvalue weighted by molar-refractivity contribution is -0.148. The first-order valence-electron chi connectivity index (χ1n) is 8.97. The third kappa shape index (κ3) is 3.29. The van der Waals surface area contributed by atoms with Crippen LogP contribution in [0.3, 0.4) is 0 Å². The molecule has 1 aromatic carbocycles. The van der Waals surface area contributed by atoms with Crippen LogP contribution >= 0.6 is 11.3 Å². The second kappa shape index (κ2) is 7.41. The van der Waals surface area contributed by atoms with Gasteiger partial charge in [-0.05, 0) is 43.3 Å². The third-order valence-electron chi connectivity index (χ3n) is 4.70. The van der Waals surface area contributed by atoms with Gasteiger partial charge in [-0.3, -0.25) is 4.79 Å². The van der Waals surface area contributed by atoms with Gasteiger partial charge < -0.3 is 9.64 Å². The van der Waals surface area contributed by atoms with Crippen molar-refractivity contribution in [1.82, 2.24) is 9.97 Å². The van der Waals surface area contributed by atoms with E-state index < -0.39 is 0 Å². The van der Waals surface area contributed by atoms with Gasteiger partial charge in [0.2, 0.25) is 0 Å². The molecule has 0 bridgehead atoms. The van der Waals surface area contributed by atoms with Crippen LogP contribution in [0.2, 0.25) is 0 Å². The fourth-order valence-electron chi connectivity index (χ4n) is 3.44. The predicted molar refractivity (Wildman–Crippen MR) is 104 cm³/mol. The summed E-state index contributed by atoms with van der Waals surface area (Å²) in [7, 11) is 0. The van der Waals surface area contributed by atoms with Crippen LogP contribution in [0.4, 0.5) is 5.82 Å². The van der Waals surface area contributed by atoms with Gasteiger partial charge in [-0.1, -0.05) is 12.1 Å². The summed E-state index contributed by atoms with van der Waals surface area (Å²) in [5.41, 5.74) is 1.96. The van der Waals surface area contributed by atoms with E-state index in [1.165, 1.54) is 0 Å². The molecule has 1 saturated heterocycles. The molecule has 1 aliphatic rings. The van der Waals surface area contributed by atoms with Gasteiger partial charge in [-0.25, -0.2) is 9.97 Å². The van der Waals surface area contributed by atoms with E-state index in [9.17, 15) is 4.79 Å². The van der Waals surface area contributed by atoms with Gasteiger partial charge in [-0.2, -0.15) is 11.3 Å². The Labute approximate surface area is 156 Å². The number of fused-ring (bicyclic) bond motifs is 1. The quantitative estimate of drug-likeness (QED) is 0.649. The van der Waals surface area contributed by atoms with E-state index in [0.29, 0.717) is 13.2 Å². The Kier molecular flexibility index (Phi) is 4.84. The van der Waals surface area contributed by atoms with Crippen LogP contribution in [0.25, 0.3) is 22.3 Å². The van der Waals surface area contributed by atoms with Crippen molar-refractivity contribution in [2.24, 2.45) is 5.92 Å². The number of aromatic nitrogens is 2. The molecule has 1 fully saturated rings. The standard InChI is InChI=1S/C20H21N3O2S/c1-2-25-20(24)14-6-5-10-23(12-14)19-16-7-3-4-8-17(16)21-18(22-19)15-9-11-26-13-15/h3-4,7-9,11,13-14H,2,5-6,10,12H2,1H3/t14-/m0/s1. The molecule has 6 heteroatoms. The lowest BCUT2D eigenvalue weighted by Crippen LogP contribution is -2.40. The van der Waals surface area contributed by atoms with Crippen LogP contribution in [0.1, 0.15) is 19.8 Å². The zero-order valence-corrected chi connectivity index (χ0v) is 15.5. The zero-order valence-electron chi connectivity index (χ0n) is 14.7. The summed E-state index contributed by atoms with van der Waals surface area (Å²) in [4.78, 5) is 24.0. The zero-order chi connectivity index (χ0) is 17.9. The predicted octanol–water partition coefficient (Wildman–Crippen LogP) is 4.14. The van der Waals surface area contributed by atoms with Crippen LogP contribution in [0.15, 0.2) is 41.1 Å². The third-order valence-corrected chi connectivity index (χ3v) is 5.39. The lowest BCUT2D eigenvalue weighted by atomic mass is 9.98. The number of nitrogens with zero attached hydrogens (tertiary/aromatic N) is 3. The van der Waals surface area contributed by atoms with Crippen molar-refractivity contribution in [3.8, 4) is 11.4 Å². The average Bonchev–Trinajstić information content (AvgIpc) is 3.22. The summed E-state index contributed by atoms with van der Waals surface area (Å²) in [6.45, 7) is 3.81. The molecular formula is C20H21N3O2S. The number of para-hydroxylation sites is 1. The first kappa shape index (κ1) is 17.0. The molecule has 0 spiro atoms. The van der Waals surface area contributed by atoms with Crippen LogP contribution in [0.5, 0.6) is 0 Å². The fourth-order valence-corrected chi connectivity index (χ4v) is 4.08. The molecule has 1 aliphatic heterocycles. The van der Waals surface area contributed by atoms with E-state index in [0.717, 1.165) is 47.5 Å². The van der Waals surface area contributed by atoms with Gasteiger partial charge in [-0.15, -0.1) is 0 Å². The maximum atomic E-state index is 12.2. The summed E-state index contributed by atoms with van der Waals surface area (Å²) < 4.78 is 5.24. The number of thiophene rings is 1. The molecule has 4 rings (SSSR count). The lowest BCUT2D eigenvalue weighted by Gasteiger charge is -2.33. The maximum absolute atomic E-state index is 12.2. The van der Waals surface area contributed by atoms with Crippen molar-refractivity contribution < 1.29 is 9.53 Å². The van der Waals surface area contributed by atoms with E-state index in [4.69, 9.17) is 14.7 Å². The Bertz CT molecular complexity index is 911. The number of piperidine rings is 1. The number of carbonyl (C=O) groups is 1. The van der Waals surface area contributed by atoms with Crippen LogP contribution in [-0.4, -0.2) is 35.6 Å². The highest BCUT2D eigenvalue weighted by atomic mass is 32.1. The number of anilines is 1. The molecule has 0 radical (unpaired) electrons. The molecule has 3 aromatic rings. The second-order valence-corrected chi connectivity index (χ2v) is 7.22. The minimum Gasteiger partial charge on any atom is -0.466 e. The van der Waals surface area contributed by atoms with Gasteiger partial charge in [0.1, 0.15) is 5.82 Å². The first-order chi connectivity index (χ1) is 12.8. The van der Waals surface area contributed by atoms with Crippen LogP contribution in [0, 0.1) is 5.92 Å². The Morgan fingerprint density at radius 1 is 1.31 bits per heavy atom. The van der Waals surface area contributed by atoms with Crippen molar-refractivity contribution in [1.29, 1.82) is 0 Å². The van der Waals surface area contributed by atoms with Gasteiger partial charge in [0.25, 0.3) is 0 Å². The molecule has 0 aliphatic carbocycles. The Morgan fingerprint density at radius 2 is 2.19 bits per heavy atom. The number of carbonyl (C=O) groups excluding carboxylic acids is 1. The first-order valence-corrected chi connectivity index (χ1v) is 9.91. The highest BCUT2D eigenvalue weighted by Crippen LogP contribution is 2.31. The van der Waals surface area contributed by atoms with Crippen molar-refractivity contribution in [2.75, 3.05) is 24.6 Å². The van der Waals surface area contributed by atoms with Gasteiger partial charge >= 0.3 is 5.97 Å². The van der Waals surface area contributed by atoms with Crippen molar-refractivity contribution in [3.63, 3.8) is 0 Å². The summed E-state index contributed by atoms with van der Waals surface area (Å²) in [5, 5.41) is 5.12. The summed E-state index contributed by atoms with van der Waals surface area (Å²) in [5.74, 6) is 1.44. The molecule has 1 atom stereocenters. The molecule has 26 heavy (non-hydrogen) atoms. The van der Waals surface area contributed by atoms with E-state index in [1.54, 1.807) is 11.3 Å². The molecule has 0 N–H and O–H groups in total. The molecule has 134 valence electrons. The van der Waals surface area contributed by atoms with E-state index in [-0.39, 0.29) is 11.9 Å². The number of benzene rings is 1.